The molecule has 0 bridgehead atoms. The molecule has 0 saturated carbocycles. The van der Waals surface area contributed by atoms with Crippen molar-refractivity contribution in [3.63, 3.8) is 0 Å². The van der Waals surface area contributed by atoms with Gasteiger partial charge in [-0.3, -0.25) is 9.13 Å². The van der Waals surface area contributed by atoms with Crippen LogP contribution in [0.2, 0.25) is 0 Å². The highest BCUT2D eigenvalue weighted by Gasteiger charge is 2.22. The Morgan fingerprint density at radius 3 is 1.48 bits per heavy atom. The molecule has 0 unspecified atom stereocenters. The first-order chi connectivity index (χ1) is 13.8. The Morgan fingerprint density at radius 2 is 1.10 bits per heavy atom. The summed E-state index contributed by atoms with van der Waals surface area (Å²) in [5.74, 6) is 0.187. The second-order valence-electron chi connectivity index (χ2n) is 6.48. The van der Waals surface area contributed by atoms with Gasteiger partial charge in [-0.05, 0) is 47.2 Å². The van der Waals surface area contributed by atoms with E-state index in [0.717, 1.165) is 22.3 Å². The number of phenolic OH excluding ortho intramolecular Hbond substituents is 1. The summed E-state index contributed by atoms with van der Waals surface area (Å²) in [5.41, 5.74) is 3.76. The van der Waals surface area contributed by atoms with Crippen LogP contribution in [0.1, 0.15) is 11.1 Å². The third-order valence-electron chi connectivity index (χ3n) is 4.71. The number of rotatable bonds is 11. The van der Waals surface area contributed by atoms with Crippen molar-refractivity contribution >= 4 is 15.2 Å². The molecule has 1 N–H and O–H groups in total. The van der Waals surface area contributed by atoms with Gasteiger partial charge in [0.2, 0.25) is 0 Å². The minimum absolute atomic E-state index is 0.187. The van der Waals surface area contributed by atoms with E-state index in [1.165, 1.54) is 28.4 Å². The van der Waals surface area contributed by atoms with Crippen molar-refractivity contribution in [3.05, 3.63) is 53.6 Å². The molecule has 2 rings (SSSR count). The minimum Gasteiger partial charge on any atom is -0.508 e. The van der Waals surface area contributed by atoms with Crippen molar-refractivity contribution in [1.29, 1.82) is 0 Å². The second-order valence-corrected chi connectivity index (χ2v) is 11.3. The average Bonchev–Trinajstić information content (AvgIpc) is 2.76. The average molecular weight is 442 g/mol. The number of hydrogen-bond acceptors (Lipinski definition) is 7. The molecule has 0 aromatic heterocycles. The zero-order chi connectivity index (χ0) is 21.5. The third kappa shape index (κ3) is 6.78. The molecule has 2 aromatic rings. The van der Waals surface area contributed by atoms with Gasteiger partial charge in [0, 0.05) is 28.4 Å². The Morgan fingerprint density at radius 1 is 0.690 bits per heavy atom. The van der Waals surface area contributed by atoms with E-state index in [4.69, 9.17) is 18.1 Å². The highest BCUT2D eigenvalue weighted by Crippen LogP contribution is 2.47. The third-order valence-corrected chi connectivity index (χ3v) is 8.48. The van der Waals surface area contributed by atoms with Crippen LogP contribution in [-0.2, 0) is 40.1 Å². The van der Waals surface area contributed by atoms with Crippen LogP contribution in [0.4, 0.5) is 0 Å². The SMILES string of the molecule is COP(=O)(CCc1cc(CCP(=O)(OC)OC)cc(-c2ccc(O)cc2)c1)OC. The normalized spacial score (nSPS) is 12.3. The van der Waals surface area contributed by atoms with Gasteiger partial charge < -0.3 is 23.2 Å². The standard InChI is InChI=1S/C20H28O7P2/c1-24-28(22,25-2)11-9-16-13-17(10-12-29(23,26-3)27-4)15-19(14-16)18-5-7-20(21)8-6-18/h5-8,13-15,21H,9-12H2,1-4H3. The predicted octanol–water partition coefficient (Wildman–Crippen LogP) is 5.12. The van der Waals surface area contributed by atoms with Crippen molar-refractivity contribution in [2.24, 2.45) is 0 Å². The van der Waals surface area contributed by atoms with Crippen LogP contribution in [-0.4, -0.2) is 45.9 Å². The van der Waals surface area contributed by atoms with Gasteiger partial charge in [0.1, 0.15) is 5.75 Å². The van der Waals surface area contributed by atoms with Crippen molar-refractivity contribution in [2.45, 2.75) is 12.8 Å². The topological polar surface area (TPSA) is 91.3 Å². The maximum Gasteiger partial charge on any atom is 0.330 e. The molecule has 0 fully saturated rings. The van der Waals surface area contributed by atoms with Crippen LogP contribution >= 0.6 is 15.2 Å². The first-order valence-corrected chi connectivity index (χ1v) is 12.6. The van der Waals surface area contributed by atoms with Gasteiger partial charge in [-0.25, -0.2) is 0 Å². The summed E-state index contributed by atoms with van der Waals surface area (Å²) in [5, 5.41) is 9.55. The fourth-order valence-electron chi connectivity index (χ4n) is 2.92. The van der Waals surface area contributed by atoms with Crippen LogP contribution in [0.25, 0.3) is 11.1 Å². The largest absolute Gasteiger partial charge is 0.508 e. The monoisotopic (exact) mass is 442 g/mol. The highest BCUT2D eigenvalue weighted by atomic mass is 31.2. The molecule has 0 aliphatic carbocycles. The van der Waals surface area contributed by atoms with Crippen LogP contribution in [0.5, 0.6) is 5.75 Å². The lowest BCUT2D eigenvalue weighted by Gasteiger charge is -2.16. The Bertz CT molecular complexity index is 832. The Balaban J connectivity index is 2.34. The Labute approximate surface area is 172 Å². The predicted molar refractivity (Wildman–Crippen MR) is 114 cm³/mol. The Hall–Kier alpha value is -1.46. The molecule has 0 saturated heterocycles. The van der Waals surface area contributed by atoms with Gasteiger partial charge in [-0.2, -0.15) is 0 Å². The molecule has 0 aliphatic heterocycles. The first-order valence-electron chi connectivity index (χ1n) is 9.10. The number of aryl methyl sites for hydroxylation is 2. The summed E-state index contributed by atoms with van der Waals surface area (Å²) in [4.78, 5) is 0. The summed E-state index contributed by atoms with van der Waals surface area (Å²) in [6.07, 6.45) is 1.47. The molecular weight excluding hydrogens is 414 g/mol. The van der Waals surface area contributed by atoms with Crippen molar-refractivity contribution < 1.29 is 32.3 Å². The molecule has 160 valence electrons. The molecule has 0 aliphatic rings. The number of phenols is 1. The summed E-state index contributed by atoms with van der Waals surface area (Å²) in [6, 6.07) is 12.9. The van der Waals surface area contributed by atoms with Crippen LogP contribution in [0.3, 0.4) is 0 Å². The number of aromatic hydroxyl groups is 1. The lowest BCUT2D eigenvalue weighted by atomic mass is 9.97. The van der Waals surface area contributed by atoms with Gasteiger partial charge in [0.15, 0.2) is 0 Å². The van der Waals surface area contributed by atoms with Gasteiger partial charge in [0.05, 0.1) is 12.3 Å². The zero-order valence-corrected chi connectivity index (χ0v) is 18.9. The quantitative estimate of drug-likeness (QED) is 0.483. The van der Waals surface area contributed by atoms with E-state index in [-0.39, 0.29) is 18.1 Å². The summed E-state index contributed by atoms with van der Waals surface area (Å²) in [6.45, 7) is 0. The zero-order valence-electron chi connectivity index (χ0n) is 17.2. The minimum atomic E-state index is -3.12. The number of benzene rings is 2. The maximum absolute atomic E-state index is 12.4. The molecular formula is C20H28O7P2. The van der Waals surface area contributed by atoms with E-state index < -0.39 is 15.2 Å². The summed E-state index contributed by atoms with van der Waals surface area (Å²) >= 11 is 0. The molecule has 0 radical (unpaired) electrons. The van der Waals surface area contributed by atoms with Gasteiger partial charge in [-0.1, -0.05) is 30.3 Å². The highest BCUT2D eigenvalue weighted by molar-refractivity contribution is 7.54. The lowest BCUT2D eigenvalue weighted by Crippen LogP contribution is -2.02. The van der Waals surface area contributed by atoms with E-state index in [1.54, 1.807) is 12.1 Å². The molecule has 2 aromatic carbocycles. The molecule has 0 heterocycles. The van der Waals surface area contributed by atoms with E-state index in [1.807, 2.05) is 30.3 Å². The molecule has 29 heavy (non-hydrogen) atoms. The van der Waals surface area contributed by atoms with Crippen molar-refractivity contribution in [3.8, 4) is 16.9 Å². The molecule has 0 atom stereocenters. The molecule has 0 spiro atoms. The van der Waals surface area contributed by atoms with E-state index in [0.29, 0.717) is 12.8 Å². The van der Waals surface area contributed by atoms with Gasteiger partial charge >= 0.3 is 15.2 Å². The van der Waals surface area contributed by atoms with Crippen molar-refractivity contribution in [1.82, 2.24) is 0 Å². The first kappa shape index (κ1) is 23.8. The second kappa shape index (κ2) is 10.5. The molecule has 0 amide bonds. The van der Waals surface area contributed by atoms with Gasteiger partial charge in [-0.15, -0.1) is 0 Å². The fourth-order valence-corrected chi connectivity index (χ4v) is 5.01. The summed E-state index contributed by atoms with van der Waals surface area (Å²) in [7, 11) is -0.767. The molecule has 7 nitrogen and oxygen atoms in total. The van der Waals surface area contributed by atoms with Gasteiger partial charge in [0.25, 0.3) is 0 Å². The summed E-state index contributed by atoms with van der Waals surface area (Å²) < 4.78 is 44.9. The molecule has 9 heteroatoms. The van der Waals surface area contributed by atoms with Crippen molar-refractivity contribution in [2.75, 3.05) is 40.8 Å². The fraction of sp³-hybridized carbons (Fsp3) is 0.400. The maximum atomic E-state index is 12.4. The van der Waals surface area contributed by atoms with Crippen LogP contribution < -0.4 is 0 Å². The Kier molecular flexibility index (Phi) is 8.65. The van der Waals surface area contributed by atoms with E-state index in [9.17, 15) is 14.2 Å². The van der Waals surface area contributed by atoms with E-state index >= 15 is 0 Å². The lowest BCUT2D eigenvalue weighted by molar-refractivity contribution is 0.275. The number of hydrogen-bond donors (Lipinski definition) is 1. The van der Waals surface area contributed by atoms with E-state index in [2.05, 4.69) is 0 Å². The smallest absolute Gasteiger partial charge is 0.330 e. The van der Waals surface area contributed by atoms with Crippen LogP contribution in [0.15, 0.2) is 42.5 Å². The van der Waals surface area contributed by atoms with Crippen LogP contribution in [0, 0.1) is 0 Å².